The Morgan fingerprint density at radius 2 is 2.00 bits per heavy atom. The lowest BCUT2D eigenvalue weighted by Crippen LogP contribution is -2.22. The van der Waals surface area contributed by atoms with Crippen molar-refractivity contribution in [1.29, 1.82) is 5.26 Å². The highest BCUT2D eigenvalue weighted by Gasteiger charge is 2.09. The molecule has 1 aromatic rings. The van der Waals surface area contributed by atoms with E-state index in [9.17, 15) is 0 Å². The number of nitrogen functional groups attached to an aromatic ring is 1. The maximum Gasteiger partial charge on any atom is 0.101 e. The molecule has 3 heteroatoms. The highest BCUT2D eigenvalue weighted by atomic mass is 14.9. The van der Waals surface area contributed by atoms with E-state index in [1.54, 1.807) is 6.07 Å². The topological polar surface area (TPSA) is 61.8 Å². The summed E-state index contributed by atoms with van der Waals surface area (Å²) in [6.45, 7) is 6.38. The van der Waals surface area contributed by atoms with Crippen LogP contribution in [-0.4, -0.2) is 6.04 Å². The number of hydrogen-bond acceptors (Lipinski definition) is 3. The molecule has 0 aliphatic rings. The molecule has 3 N–H and O–H groups in total. The van der Waals surface area contributed by atoms with Crippen molar-refractivity contribution in [2.45, 2.75) is 26.8 Å². The predicted molar refractivity (Wildman–Crippen MR) is 63.5 cm³/mol. The molecule has 0 aliphatic carbocycles. The largest absolute Gasteiger partial charge is 0.396 e. The van der Waals surface area contributed by atoms with Crippen LogP contribution in [0.2, 0.25) is 0 Å². The average molecular weight is 203 g/mol. The fourth-order valence-corrected chi connectivity index (χ4v) is 1.20. The zero-order valence-corrected chi connectivity index (χ0v) is 9.41. The van der Waals surface area contributed by atoms with Gasteiger partial charge in [0, 0.05) is 6.04 Å². The molecule has 0 fully saturated rings. The first-order chi connectivity index (χ1) is 7.06. The van der Waals surface area contributed by atoms with E-state index in [2.05, 4.69) is 32.2 Å². The molecule has 0 radical (unpaired) electrons. The van der Waals surface area contributed by atoms with Crippen LogP contribution in [0, 0.1) is 17.2 Å². The lowest BCUT2D eigenvalue weighted by molar-refractivity contribution is 0.560. The van der Waals surface area contributed by atoms with E-state index in [1.165, 1.54) is 0 Å². The van der Waals surface area contributed by atoms with Gasteiger partial charge < -0.3 is 11.1 Å². The summed E-state index contributed by atoms with van der Waals surface area (Å²) < 4.78 is 0. The van der Waals surface area contributed by atoms with E-state index in [0.29, 0.717) is 23.2 Å². The molecule has 1 unspecified atom stereocenters. The van der Waals surface area contributed by atoms with Crippen LogP contribution in [0.1, 0.15) is 26.3 Å². The van der Waals surface area contributed by atoms with Gasteiger partial charge in [-0.3, -0.25) is 0 Å². The van der Waals surface area contributed by atoms with Crippen LogP contribution in [0.25, 0.3) is 0 Å². The summed E-state index contributed by atoms with van der Waals surface area (Å²) in [6.07, 6.45) is 0. The molecule has 15 heavy (non-hydrogen) atoms. The summed E-state index contributed by atoms with van der Waals surface area (Å²) in [4.78, 5) is 0. The molecule has 0 heterocycles. The number of nitrogens with two attached hydrogens (primary N) is 1. The maximum atomic E-state index is 8.83. The second-order valence-corrected chi connectivity index (χ2v) is 4.06. The highest BCUT2D eigenvalue weighted by molar-refractivity contribution is 5.73. The number of anilines is 2. The van der Waals surface area contributed by atoms with Gasteiger partial charge in [-0.1, -0.05) is 19.9 Å². The molecule has 80 valence electrons. The van der Waals surface area contributed by atoms with Crippen molar-refractivity contribution < 1.29 is 0 Å². The van der Waals surface area contributed by atoms with Crippen molar-refractivity contribution in [1.82, 2.24) is 0 Å². The van der Waals surface area contributed by atoms with Gasteiger partial charge in [0.25, 0.3) is 0 Å². The molecule has 1 atom stereocenters. The summed E-state index contributed by atoms with van der Waals surface area (Å²) in [5.74, 6) is 0.523. The number of nitrogens with one attached hydrogen (secondary N) is 1. The van der Waals surface area contributed by atoms with E-state index < -0.39 is 0 Å². The summed E-state index contributed by atoms with van der Waals surface area (Å²) in [6, 6.07) is 7.87. The van der Waals surface area contributed by atoms with E-state index in [4.69, 9.17) is 11.0 Å². The Morgan fingerprint density at radius 3 is 2.53 bits per heavy atom. The van der Waals surface area contributed by atoms with E-state index in [0.717, 1.165) is 5.69 Å². The second kappa shape index (κ2) is 4.70. The average Bonchev–Trinajstić information content (AvgIpc) is 2.21. The van der Waals surface area contributed by atoms with Crippen LogP contribution in [-0.2, 0) is 0 Å². The van der Waals surface area contributed by atoms with Crippen LogP contribution < -0.4 is 11.1 Å². The molecule has 1 rings (SSSR count). The molecule has 0 saturated heterocycles. The van der Waals surface area contributed by atoms with E-state index in [-0.39, 0.29) is 0 Å². The molecule has 0 spiro atoms. The summed E-state index contributed by atoms with van der Waals surface area (Å²) in [5, 5.41) is 12.1. The molecule has 1 aromatic carbocycles. The standard InChI is InChI=1S/C12H17N3/c1-8(2)9(3)15-11-6-4-5-10(7-13)12(11)14/h4-6,8-9,15H,14H2,1-3H3. The Bertz CT molecular complexity index is 377. The minimum Gasteiger partial charge on any atom is -0.396 e. The predicted octanol–water partition coefficient (Wildman–Crippen LogP) is 2.60. The van der Waals surface area contributed by atoms with E-state index >= 15 is 0 Å². The first kappa shape index (κ1) is 11.4. The Morgan fingerprint density at radius 1 is 1.33 bits per heavy atom. The molecule has 0 aromatic heterocycles. The fourth-order valence-electron chi connectivity index (χ4n) is 1.20. The zero-order chi connectivity index (χ0) is 11.4. The Kier molecular flexibility index (Phi) is 3.56. The van der Waals surface area contributed by atoms with Gasteiger partial charge in [-0.15, -0.1) is 0 Å². The molecule has 0 saturated carbocycles. The van der Waals surface area contributed by atoms with Crippen molar-refractivity contribution in [3.63, 3.8) is 0 Å². The van der Waals surface area contributed by atoms with Gasteiger partial charge in [0.05, 0.1) is 16.9 Å². The van der Waals surface area contributed by atoms with Gasteiger partial charge in [0.2, 0.25) is 0 Å². The molecular formula is C12H17N3. The lowest BCUT2D eigenvalue weighted by atomic mass is 10.1. The summed E-state index contributed by atoms with van der Waals surface area (Å²) in [5.41, 5.74) is 7.76. The van der Waals surface area contributed by atoms with Crippen LogP contribution in [0.5, 0.6) is 0 Å². The highest BCUT2D eigenvalue weighted by Crippen LogP contribution is 2.23. The zero-order valence-electron chi connectivity index (χ0n) is 9.41. The Balaban J connectivity index is 2.92. The monoisotopic (exact) mass is 203 g/mol. The van der Waals surface area contributed by atoms with Crippen LogP contribution in [0.15, 0.2) is 18.2 Å². The third-order valence-electron chi connectivity index (χ3n) is 2.61. The maximum absolute atomic E-state index is 8.83. The quantitative estimate of drug-likeness (QED) is 0.742. The summed E-state index contributed by atoms with van der Waals surface area (Å²) >= 11 is 0. The van der Waals surface area contributed by atoms with Crippen LogP contribution >= 0.6 is 0 Å². The van der Waals surface area contributed by atoms with Gasteiger partial charge in [0.1, 0.15) is 6.07 Å². The molecule has 0 amide bonds. The van der Waals surface area contributed by atoms with Gasteiger partial charge in [0.15, 0.2) is 0 Å². The normalized spacial score (nSPS) is 12.2. The number of nitrogens with zero attached hydrogens (tertiary/aromatic N) is 1. The minimum absolute atomic E-state index is 0.334. The summed E-state index contributed by atoms with van der Waals surface area (Å²) in [7, 11) is 0. The van der Waals surface area contributed by atoms with Gasteiger partial charge in [-0.05, 0) is 25.0 Å². The molecule has 3 nitrogen and oxygen atoms in total. The number of hydrogen-bond donors (Lipinski definition) is 2. The van der Waals surface area contributed by atoms with Gasteiger partial charge in [-0.2, -0.15) is 5.26 Å². The number of benzene rings is 1. The molecule has 0 bridgehead atoms. The smallest absolute Gasteiger partial charge is 0.101 e. The third-order valence-corrected chi connectivity index (χ3v) is 2.61. The van der Waals surface area contributed by atoms with Crippen molar-refractivity contribution >= 4 is 11.4 Å². The first-order valence-electron chi connectivity index (χ1n) is 5.11. The van der Waals surface area contributed by atoms with E-state index in [1.807, 2.05) is 12.1 Å². The Labute approximate surface area is 90.9 Å². The lowest BCUT2D eigenvalue weighted by Gasteiger charge is -2.20. The fraction of sp³-hybridized carbons (Fsp3) is 0.417. The Hall–Kier alpha value is -1.69. The van der Waals surface area contributed by atoms with Crippen molar-refractivity contribution in [2.75, 3.05) is 11.1 Å². The first-order valence-corrected chi connectivity index (χ1v) is 5.11. The molecular weight excluding hydrogens is 186 g/mol. The number of para-hydroxylation sites is 1. The second-order valence-electron chi connectivity index (χ2n) is 4.06. The van der Waals surface area contributed by atoms with Gasteiger partial charge >= 0.3 is 0 Å². The number of nitriles is 1. The van der Waals surface area contributed by atoms with Gasteiger partial charge in [-0.25, -0.2) is 0 Å². The van der Waals surface area contributed by atoms with Crippen LogP contribution in [0.4, 0.5) is 11.4 Å². The number of rotatable bonds is 3. The third kappa shape index (κ3) is 2.63. The van der Waals surface area contributed by atoms with Crippen molar-refractivity contribution in [3.05, 3.63) is 23.8 Å². The van der Waals surface area contributed by atoms with Crippen LogP contribution in [0.3, 0.4) is 0 Å². The minimum atomic E-state index is 0.334. The van der Waals surface area contributed by atoms with Crippen molar-refractivity contribution in [2.24, 2.45) is 5.92 Å². The SMILES string of the molecule is CC(C)C(C)Nc1cccc(C#N)c1N. The van der Waals surface area contributed by atoms with Crippen molar-refractivity contribution in [3.8, 4) is 6.07 Å². The molecule has 0 aliphatic heterocycles.